The molecule has 1 amide bonds. The van der Waals surface area contributed by atoms with E-state index in [9.17, 15) is 13.6 Å². The van der Waals surface area contributed by atoms with Gasteiger partial charge >= 0.3 is 0 Å². The Labute approximate surface area is 102 Å². The van der Waals surface area contributed by atoms with Crippen LogP contribution in [0.1, 0.15) is 11.8 Å². The van der Waals surface area contributed by atoms with Gasteiger partial charge in [0.05, 0.1) is 5.69 Å². The highest BCUT2D eigenvalue weighted by Gasteiger charge is 2.16. The molecular formula is C10H14F2N2O2S. The highest BCUT2D eigenvalue weighted by atomic mass is 32.1. The lowest BCUT2D eigenvalue weighted by Gasteiger charge is -2.10. The summed E-state index contributed by atoms with van der Waals surface area (Å²) in [6.45, 7) is 1.54. The van der Waals surface area contributed by atoms with Crippen LogP contribution in [0.5, 0.6) is 0 Å². The quantitative estimate of drug-likeness (QED) is 0.728. The maximum atomic E-state index is 12.0. The first kappa shape index (κ1) is 14.0. The minimum absolute atomic E-state index is 0.183. The highest BCUT2D eigenvalue weighted by Crippen LogP contribution is 2.21. The van der Waals surface area contributed by atoms with Gasteiger partial charge in [0.25, 0.3) is 6.43 Å². The van der Waals surface area contributed by atoms with Crippen molar-refractivity contribution in [1.82, 2.24) is 5.32 Å². The van der Waals surface area contributed by atoms with Crippen molar-refractivity contribution in [2.75, 3.05) is 11.9 Å². The molecule has 7 heteroatoms. The molecule has 0 spiro atoms. The van der Waals surface area contributed by atoms with Gasteiger partial charge in [-0.3, -0.25) is 4.79 Å². The Morgan fingerprint density at radius 3 is 2.88 bits per heavy atom. The number of nitrogens with one attached hydrogen (secondary N) is 2. The summed E-state index contributed by atoms with van der Waals surface area (Å²) < 4.78 is 24.0. The lowest BCUT2D eigenvalue weighted by molar-refractivity contribution is -0.114. The van der Waals surface area contributed by atoms with Crippen LogP contribution in [0, 0.1) is 0 Å². The van der Waals surface area contributed by atoms with Crippen molar-refractivity contribution in [3.05, 3.63) is 16.3 Å². The number of anilines is 1. The maximum absolute atomic E-state index is 12.0. The molecule has 0 saturated heterocycles. The van der Waals surface area contributed by atoms with Gasteiger partial charge in [0.1, 0.15) is 6.10 Å². The molecule has 0 saturated carbocycles. The minimum atomic E-state index is -2.75. The topological polar surface area (TPSA) is 61.4 Å². The van der Waals surface area contributed by atoms with Crippen LogP contribution in [0.15, 0.2) is 11.4 Å². The third-order valence-corrected chi connectivity index (χ3v) is 2.91. The zero-order chi connectivity index (χ0) is 12.8. The predicted molar refractivity (Wildman–Crippen MR) is 62.3 cm³/mol. The molecule has 0 aliphatic rings. The molecule has 1 unspecified atom stereocenters. The third kappa shape index (κ3) is 4.76. The first-order chi connectivity index (χ1) is 8.00. The molecule has 0 aliphatic heterocycles. The maximum Gasteiger partial charge on any atom is 0.265 e. The van der Waals surface area contributed by atoms with Crippen LogP contribution in [0.4, 0.5) is 14.5 Å². The second kappa shape index (κ2) is 6.63. The lowest BCUT2D eigenvalue weighted by atomic mass is 10.3. The van der Waals surface area contributed by atoms with Gasteiger partial charge in [-0.05, 0) is 11.4 Å². The largest absolute Gasteiger partial charge is 0.386 e. The molecule has 0 fully saturated rings. The molecule has 0 radical (unpaired) electrons. The Bertz CT molecular complexity index is 371. The van der Waals surface area contributed by atoms with E-state index >= 15 is 0 Å². The van der Waals surface area contributed by atoms with E-state index in [4.69, 9.17) is 5.11 Å². The number of aliphatic hydroxyl groups excluding tert-OH is 1. The summed E-state index contributed by atoms with van der Waals surface area (Å²) in [5.74, 6) is -0.183. The Morgan fingerprint density at radius 1 is 1.59 bits per heavy atom. The van der Waals surface area contributed by atoms with Gasteiger partial charge in [-0.2, -0.15) is 0 Å². The molecule has 1 heterocycles. The number of amides is 1. The zero-order valence-corrected chi connectivity index (χ0v) is 10.1. The number of alkyl halides is 2. The molecule has 1 aromatic rings. The van der Waals surface area contributed by atoms with Gasteiger partial charge < -0.3 is 15.7 Å². The zero-order valence-electron chi connectivity index (χ0n) is 9.24. The van der Waals surface area contributed by atoms with E-state index in [1.165, 1.54) is 18.3 Å². The molecule has 0 aromatic carbocycles. The van der Waals surface area contributed by atoms with E-state index in [0.717, 1.165) is 4.88 Å². The second-order valence-corrected chi connectivity index (χ2v) is 4.47. The van der Waals surface area contributed by atoms with Crippen LogP contribution in [-0.4, -0.2) is 30.1 Å². The monoisotopic (exact) mass is 264 g/mol. The normalized spacial score (nSPS) is 12.8. The van der Waals surface area contributed by atoms with E-state index in [1.807, 2.05) is 0 Å². The van der Waals surface area contributed by atoms with Crippen molar-refractivity contribution in [3.8, 4) is 0 Å². The Kier molecular flexibility index (Phi) is 5.46. The number of hydrogen-bond donors (Lipinski definition) is 3. The van der Waals surface area contributed by atoms with Crippen molar-refractivity contribution in [1.29, 1.82) is 0 Å². The van der Waals surface area contributed by atoms with E-state index in [-0.39, 0.29) is 12.5 Å². The van der Waals surface area contributed by atoms with Gasteiger partial charge in [0.2, 0.25) is 5.91 Å². The Morgan fingerprint density at radius 2 is 2.29 bits per heavy atom. The average molecular weight is 264 g/mol. The molecule has 1 atom stereocenters. The van der Waals surface area contributed by atoms with Crippen molar-refractivity contribution in [2.45, 2.75) is 26.0 Å². The summed E-state index contributed by atoms with van der Waals surface area (Å²) >= 11 is 1.41. The predicted octanol–water partition coefficient (Wildman–Crippen LogP) is 1.42. The molecule has 1 aromatic heterocycles. The summed E-state index contributed by atoms with van der Waals surface area (Å²) in [5.41, 5.74) is 0.668. The first-order valence-electron chi connectivity index (χ1n) is 5.01. The summed E-state index contributed by atoms with van der Waals surface area (Å²) in [5, 5.41) is 16.0. The van der Waals surface area contributed by atoms with E-state index in [1.54, 1.807) is 11.4 Å². The van der Waals surface area contributed by atoms with E-state index in [2.05, 4.69) is 10.6 Å². The van der Waals surface area contributed by atoms with Gasteiger partial charge in [-0.15, -0.1) is 11.3 Å². The molecule has 0 aliphatic carbocycles. The fourth-order valence-corrected chi connectivity index (χ4v) is 2.00. The standard InChI is InChI=1S/C10H14F2N2O2S/c1-6(15)14-7-2-3-17-9(7)5-13-4-8(16)10(11)12/h2-3,8,10,13,16H,4-5H2,1H3,(H,14,15). The molecule has 1 rings (SSSR count). The lowest BCUT2D eigenvalue weighted by Crippen LogP contribution is -2.31. The van der Waals surface area contributed by atoms with E-state index in [0.29, 0.717) is 12.2 Å². The summed E-state index contributed by atoms with van der Waals surface area (Å²) in [4.78, 5) is 11.7. The number of carbonyl (C=O) groups excluding carboxylic acids is 1. The second-order valence-electron chi connectivity index (χ2n) is 3.47. The third-order valence-electron chi connectivity index (χ3n) is 1.99. The number of thiophene rings is 1. The van der Waals surface area contributed by atoms with Crippen molar-refractivity contribution < 1.29 is 18.7 Å². The van der Waals surface area contributed by atoms with Gasteiger partial charge in [0, 0.05) is 24.9 Å². The average Bonchev–Trinajstić information content (AvgIpc) is 2.64. The van der Waals surface area contributed by atoms with Crippen LogP contribution < -0.4 is 10.6 Å². The number of halogens is 2. The van der Waals surface area contributed by atoms with Crippen LogP contribution >= 0.6 is 11.3 Å². The van der Waals surface area contributed by atoms with Crippen molar-refractivity contribution >= 4 is 22.9 Å². The van der Waals surface area contributed by atoms with E-state index < -0.39 is 12.5 Å². The smallest absolute Gasteiger partial charge is 0.265 e. The molecule has 3 N–H and O–H groups in total. The molecule has 96 valence electrons. The van der Waals surface area contributed by atoms with Gasteiger partial charge in [-0.25, -0.2) is 8.78 Å². The fraction of sp³-hybridized carbons (Fsp3) is 0.500. The summed E-state index contributed by atoms with van der Waals surface area (Å²) in [6, 6.07) is 1.74. The Balaban J connectivity index is 2.41. The van der Waals surface area contributed by atoms with Crippen molar-refractivity contribution in [3.63, 3.8) is 0 Å². The highest BCUT2D eigenvalue weighted by molar-refractivity contribution is 7.10. The summed E-state index contributed by atoms with van der Waals surface area (Å²) in [7, 11) is 0. The molecular weight excluding hydrogens is 250 g/mol. The fourth-order valence-electron chi connectivity index (χ4n) is 1.20. The Hall–Kier alpha value is -1.05. The number of rotatable bonds is 6. The van der Waals surface area contributed by atoms with Crippen LogP contribution in [-0.2, 0) is 11.3 Å². The minimum Gasteiger partial charge on any atom is -0.386 e. The summed E-state index contributed by atoms with van der Waals surface area (Å²) in [6.07, 6.45) is -4.42. The number of carbonyl (C=O) groups is 1. The first-order valence-corrected chi connectivity index (χ1v) is 5.89. The van der Waals surface area contributed by atoms with Crippen molar-refractivity contribution in [2.24, 2.45) is 0 Å². The van der Waals surface area contributed by atoms with Crippen LogP contribution in [0.3, 0.4) is 0 Å². The van der Waals surface area contributed by atoms with Crippen LogP contribution in [0.2, 0.25) is 0 Å². The molecule has 0 bridgehead atoms. The van der Waals surface area contributed by atoms with Gasteiger partial charge in [-0.1, -0.05) is 0 Å². The van der Waals surface area contributed by atoms with Gasteiger partial charge in [0.15, 0.2) is 0 Å². The molecule has 4 nitrogen and oxygen atoms in total. The number of aliphatic hydroxyl groups is 1. The molecule has 17 heavy (non-hydrogen) atoms. The number of hydrogen-bond acceptors (Lipinski definition) is 4. The SMILES string of the molecule is CC(=O)Nc1ccsc1CNCC(O)C(F)F. The van der Waals surface area contributed by atoms with Crippen LogP contribution in [0.25, 0.3) is 0 Å².